The quantitative estimate of drug-likeness (QED) is 0.796. The van der Waals surface area contributed by atoms with Crippen LogP contribution < -0.4 is 5.32 Å². The van der Waals surface area contributed by atoms with Crippen LogP contribution in [-0.2, 0) is 0 Å². The Morgan fingerprint density at radius 1 is 1.09 bits per heavy atom. The Kier molecular flexibility index (Phi) is 4.01. The van der Waals surface area contributed by atoms with E-state index in [2.05, 4.69) is 10.3 Å². The molecule has 0 saturated heterocycles. The standard InChI is InChI=1S/C18H16N2O2/c1-2-19-17(21)14-10-6-7-11-15(14)18-20-12-16(22-18)13-8-4-3-5-9-13/h3-12H,2H2,1H3,(H,19,21). The Morgan fingerprint density at radius 2 is 1.82 bits per heavy atom. The number of carbonyl (C=O) groups is 1. The van der Waals surface area contributed by atoms with Crippen molar-refractivity contribution in [2.45, 2.75) is 6.92 Å². The summed E-state index contributed by atoms with van der Waals surface area (Å²) in [5.41, 5.74) is 2.21. The van der Waals surface area contributed by atoms with Gasteiger partial charge in [-0.15, -0.1) is 0 Å². The summed E-state index contributed by atoms with van der Waals surface area (Å²) in [4.78, 5) is 16.5. The molecule has 0 aliphatic carbocycles. The van der Waals surface area contributed by atoms with Gasteiger partial charge in [-0.2, -0.15) is 0 Å². The fourth-order valence-corrected chi connectivity index (χ4v) is 2.26. The van der Waals surface area contributed by atoms with Gasteiger partial charge >= 0.3 is 0 Å². The van der Waals surface area contributed by atoms with Crippen LogP contribution >= 0.6 is 0 Å². The third-order valence-electron chi connectivity index (χ3n) is 3.30. The molecular formula is C18H16N2O2. The monoisotopic (exact) mass is 292 g/mol. The molecule has 4 nitrogen and oxygen atoms in total. The minimum absolute atomic E-state index is 0.127. The third-order valence-corrected chi connectivity index (χ3v) is 3.30. The van der Waals surface area contributed by atoms with Crippen molar-refractivity contribution in [1.82, 2.24) is 10.3 Å². The summed E-state index contributed by atoms with van der Waals surface area (Å²) in [7, 11) is 0. The number of nitrogens with zero attached hydrogens (tertiary/aromatic N) is 1. The lowest BCUT2D eigenvalue weighted by Gasteiger charge is -2.06. The SMILES string of the molecule is CCNC(=O)c1ccccc1-c1ncc(-c2ccccc2)o1. The first-order chi connectivity index (χ1) is 10.8. The number of aromatic nitrogens is 1. The minimum Gasteiger partial charge on any atom is -0.436 e. The van der Waals surface area contributed by atoms with Gasteiger partial charge in [0.1, 0.15) is 0 Å². The van der Waals surface area contributed by atoms with Crippen LogP contribution in [0.3, 0.4) is 0 Å². The predicted octanol–water partition coefficient (Wildman–Crippen LogP) is 3.76. The summed E-state index contributed by atoms with van der Waals surface area (Å²) < 4.78 is 5.83. The van der Waals surface area contributed by atoms with Crippen molar-refractivity contribution >= 4 is 5.91 Å². The second-order valence-electron chi connectivity index (χ2n) is 4.80. The number of benzene rings is 2. The smallest absolute Gasteiger partial charge is 0.252 e. The normalized spacial score (nSPS) is 10.4. The maximum Gasteiger partial charge on any atom is 0.252 e. The lowest BCUT2D eigenvalue weighted by Crippen LogP contribution is -2.23. The Balaban J connectivity index is 1.99. The van der Waals surface area contributed by atoms with Crippen molar-refractivity contribution < 1.29 is 9.21 Å². The highest BCUT2D eigenvalue weighted by Crippen LogP contribution is 2.28. The van der Waals surface area contributed by atoms with E-state index < -0.39 is 0 Å². The molecular weight excluding hydrogens is 276 g/mol. The maximum atomic E-state index is 12.1. The number of hydrogen-bond acceptors (Lipinski definition) is 3. The van der Waals surface area contributed by atoms with Gasteiger partial charge in [-0.05, 0) is 19.1 Å². The third kappa shape index (κ3) is 2.76. The predicted molar refractivity (Wildman–Crippen MR) is 85.4 cm³/mol. The van der Waals surface area contributed by atoms with Gasteiger partial charge in [-0.1, -0.05) is 42.5 Å². The van der Waals surface area contributed by atoms with E-state index in [0.29, 0.717) is 29.3 Å². The van der Waals surface area contributed by atoms with Gasteiger partial charge < -0.3 is 9.73 Å². The van der Waals surface area contributed by atoms with Gasteiger partial charge in [0, 0.05) is 17.7 Å². The fourth-order valence-electron chi connectivity index (χ4n) is 2.26. The summed E-state index contributed by atoms with van der Waals surface area (Å²) >= 11 is 0. The van der Waals surface area contributed by atoms with Crippen LogP contribution in [0.5, 0.6) is 0 Å². The van der Waals surface area contributed by atoms with Crippen LogP contribution in [0.25, 0.3) is 22.8 Å². The molecule has 0 spiro atoms. The van der Waals surface area contributed by atoms with E-state index in [-0.39, 0.29) is 5.91 Å². The van der Waals surface area contributed by atoms with Gasteiger partial charge in [-0.25, -0.2) is 4.98 Å². The molecule has 3 aromatic rings. The maximum absolute atomic E-state index is 12.1. The average molecular weight is 292 g/mol. The molecule has 0 unspecified atom stereocenters. The molecule has 1 amide bonds. The molecule has 3 rings (SSSR count). The van der Waals surface area contributed by atoms with Gasteiger partial charge in [0.15, 0.2) is 5.76 Å². The molecule has 22 heavy (non-hydrogen) atoms. The zero-order valence-electron chi connectivity index (χ0n) is 12.2. The second-order valence-corrected chi connectivity index (χ2v) is 4.80. The molecule has 4 heteroatoms. The van der Waals surface area contributed by atoms with E-state index in [1.54, 1.807) is 12.3 Å². The molecule has 0 atom stereocenters. The molecule has 110 valence electrons. The largest absolute Gasteiger partial charge is 0.436 e. The zero-order chi connectivity index (χ0) is 15.4. The Labute approximate surface area is 128 Å². The average Bonchev–Trinajstić information content (AvgIpc) is 3.06. The number of hydrogen-bond donors (Lipinski definition) is 1. The first-order valence-corrected chi connectivity index (χ1v) is 7.18. The van der Waals surface area contributed by atoms with Gasteiger partial charge in [-0.3, -0.25) is 4.79 Å². The number of amides is 1. The first kappa shape index (κ1) is 14.1. The highest BCUT2D eigenvalue weighted by atomic mass is 16.4. The van der Waals surface area contributed by atoms with Gasteiger partial charge in [0.25, 0.3) is 5.91 Å². The number of nitrogens with one attached hydrogen (secondary N) is 1. The van der Waals surface area contributed by atoms with Gasteiger partial charge in [0.05, 0.1) is 11.8 Å². The van der Waals surface area contributed by atoms with Crippen molar-refractivity contribution in [3.63, 3.8) is 0 Å². The topological polar surface area (TPSA) is 55.1 Å². The highest BCUT2D eigenvalue weighted by molar-refractivity contribution is 6.00. The molecule has 0 radical (unpaired) electrons. The van der Waals surface area contributed by atoms with E-state index in [1.165, 1.54) is 0 Å². The van der Waals surface area contributed by atoms with Crippen molar-refractivity contribution in [3.05, 3.63) is 66.4 Å². The van der Waals surface area contributed by atoms with Crippen molar-refractivity contribution in [2.24, 2.45) is 0 Å². The van der Waals surface area contributed by atoms with Crippen LogP contribution in [0.15, 0.2) is 65.2 Å². The molecule has 1 heterocycles. The molecule has 0 saturated carbocycles. The summed E-state index contributed by atoms with van der Waals surface area (Å²) in [6.07, 6.45) is 1.68. The van der Waals surface area contributed by atoms with E-state index in [1.807, 2.05) is 55.5 Å². The van der Waals surface area contributed by atoms with E-state index >= 15 is 0 Å². The summed E-state index contributed by atoms with van der Waals surface area (Å²) in [5.74, 6) is 1.000. The van der Waals surface area contributed by atoms with Crippen LogP contribution in [0, 0.1) is 0 Å². The molecule has 1 aromatic heterocycles. The van der Waals surface area contributed by atoms with Crippen LogP contribution in [0.4, 0.5) is 0 Å². The number of carbonyl (C=O) groups excluding carboxylic acids is 1. The van der Waals surface area contributed by atoms with E-state index in [9.17, 15) is 4.79 Å². The second kappa shape index (κ2) is 6.26. The molecule has 0 fully saturated rings. The van der Waals surface area contributed by atoms with E-state index in [0.717, 1.165) is 5.56 Å². The van der Waals surface area contributed by atoms with Crippen LogP contribution in [-0.4, -0.2) is 17.4 Å². The minimum atomic E-state index is -0.127. The zero-order valence-corrected chi connectivity index (χ0v) is 12.2. The summed E-state index contributed by atoms with van der Waals surface area (Å²) in [6, 6.07) is 17.1. The molecule has 0 bridgehead atoms. The Hall–Kier alpha value is -2.88. The highest BCUT2D eigenvalue weighted by Gasteiger charge is 2.16. The summed E-state index contributed by atoms with van der Waals surface area (Å²) in [5, 5.41) is 2.80. The Bertz CT molecular complexity index is 779. The van der Waals surface area contributed by atoms with Crippen molar-refractivity contribution in [2.75, 3.05) is 6.54 Å². The number of rotatable bonds is 4. The number of oxazole rings is 1. The van der Waals surface area contributed by atoms with Crippen LogP contribution in [0.2, 0.25) is 0 Å². The van der Waals surface area contributed by atoms with Crippen molar-refractivity contribution in [3.8, 4) is 22.8 Å². The molecule has 1 N–H and O–H groups in total. The van der Waals surface area contributed by atoms with Crippen LogP contribution in [0.1, 0.15) is 17.3 Å². The Morgan fingerprint density at radius 3 is 2.59 bits per heavy atom. The van der Waals surface area contributed by atoms with E-state index in [4.69, 9.17) is 4.42 Å². The summed E-state index contributed by atoms with van der Waals surface area (Å²) in [6.45, 7) is 2.47. The van der Waals surface area contributed by atoms with Crippen molar-refractivity contribution in [1.29, 1.82) is 0 Å². The molecule has 0 aliphatic heterocycles. The lowest BCUT2D eigenvalue weighted by molar-refractivity contribution is 0.0956. The molecule has 2 aromatic carbocycles. The first-order valence-electron chi connectivity index (χ1n) is 7.18. The molecule has 0 aliphatic rings. The van der Waals surface area contributed by atoms with Gasteiger partial charge in [0.2, 0.25) is 5.89 Å². The lowest BCUT2D eigenvalue weighted by atomic mass is 10.1. The fraction of sp³-hybridized carbons (Fsp3) is 0.111.